The highest BCUT2D eigenvalue weighted by molar-refractivity contribution is 8.19. The Morgan fingerprint density at radius 2 is 1.73 bits per heavy atom. The number of hydrogen-bond donors (Lipinski definition) is 2. The van der Waals surface area contributed by atoms with Crippen LogP contribution in [0.3, 0.4) is 0 Å². The summed E-state index contributed by atoms with van der Waals surface area (Å²) >= 11 is 2.21. The number of aryl methyl sites for hydroxylation is 2. The number of methoxy groups -OCH3 is 1. The highest BCUT2D eigenvalue weighted by Crippen LogP contribution is 2.36. The summed E-state index contributed by atoms with van der Waals surface area (Å²) in [6.45, 7) is 3.66. The van der Waals surface area contributed by atoms with Gasteiger partial charge in [-0.2, -0.15) is 0 Å². The molecule has 0 saturated carbocycles. The summed E-state index contributed by atoms with van der Waals surface area (Å²) < 4.78 is 5.12. The highest BCUT2D eigenvalue weighted by Gasteiger charge is 2.35. The zero-order valence-corrected chi connectivity index (χ0v) is 24.0. The molecule has 0 bridgehead atoms. The lowest BCUT2D eigenvalue weighted by Crippen LogP contribution is -2.31. The van der Waals surface area contributed by atoms with Gasteiger partial charge in [-0.25, -0.2) is 10.4 Å². The Bertz CT molecular complexity index is 1680. The number of nitrogens with one attached hydrogen (secondary N) is 2. The number of hydrogen-bond acceptors (Lipinski definition) is 8. The molecule has 0 radical (unpaired) electrons. The fraction of sp³-hybridized carbons (Fsp3) is 0.100. The van der Waals surface area contributed by atoms with Gasteiger partial charge >= 0.3 is 0 Å². The number of nitrogens with zero attached hydrogens (tertiary/aromatic N) is 3. The van der Waals surface area contributed by atoms with Crippen molar-refractivity contribution in [1.82, 2.24) is 10.4 Å². The van der Waals surface area contributed by atoms with Crippen LogP contribution in [-0.4, -0.2) is 35.0 Å². The molecule has 0 spiro atoms. The molecule has 1 saturated heterocycles. The summed E-state index contributed by atoms with van der Waals surface area (Å²) in [5.41, 5.74) is 6.02. The predicted octanol–water partition coefficient (Wildman–Crippen LogP) is 5.84. The summed E-state index contributed by atoms with van der Waals surface area (Å²) in [5, 5.41) is 7.63. The minimum Gasteiger partial charge on any atom is -0.497 e. The van der Waals surface area contributed by atoms with E-state index in [1.54, 1.807) is 50.4 Å². The number of amidine groups is 1. The molecule has 0 atom stereocenters. The largest absolute Gasteiger partial charge is 0.497 e. The number of amides is 3. The second-order valence-electron chi connectivity index (χ2n) is 8.95. The molecule has 41 heavy (non-hydrogen) atoms. The average Bonchev–Trinajstić information content (AvgIpc) is 3.50. The van der Waals surface area contributed by atoms with Crippen LogP contribution >= 0.6 is 23.1 Å². The average molecular weight is 584 g/mol. The molecule has 206 valence electrons. The van der Waals surface area contributed by atoms with E-state index in [-0.39, 0.29) is 21.8 Å². The van der Waals surface area contributed by atoms with E-state index in [2.05, 4.69) is 20.8 Å². The zero-order valence-electron chi connectivity index (χ0n) is 22.4. The Labute approximate surface area is 244 Å². The van der Waals surface area contributed by atoms with Gasteiger partial charge in [0.05, 0.1) is 23.4 Å². The smallest absolute Gasteiger partial charge is 0.283 e. The molecule has 2 heterocycles. The third kappa shape index (κ3) is 6.37. The lowest BCUT2D eigenvalue weighted by Gasteiger charge is -2.15. The van der Waals surface area contributed by atoms with Crippen LogP contribution in [0.5, 0.6) is 5.75 Å². The maximum absolute atomic E-state index is 13.4. The number of thiazole rings is 1. The van der Waals surface area contributed by atoms with Crippen molar-refractivity contribution in [2.45, 2.75) is 13.8 Å². The monoisotopic (exact) mass is 583 g/mol. The van der Waals surface area contributed by atoms with Gasteiger partial charge in [-0.05, 0) is 73.6 Å². The van der Waals surface area contributed by atoms with Crippen LogP contribution in [0.25, 0.3) is 6.08 Å². The van der Waals surface area contributed by atoms with Crippen molar-refractivity contribution in [3.63, 3.8) is 0 Å². The Hall–Kier alpha value is -4.74. The molecule has 2 N–H and O–H groups in total. The Morgan fingerprint density at radius 3 is 2.44 bits per heavy atom. The van der Waals surface area contributed by atoms with Crippen molar-refractivity contribution >= 4 is 62.9 Å². The third-order valence-corrected chi connectivity index (χ3v) is 8.03. The SMILES string of the molecule is COc1ccc(C(=O)Nc2nc(C)c(C(=O)N/N=C3\S/C(=C\c4cccc(C)c4)C(=O)N3c3ccccc3)s2)cc1. The molecule has 3 amide bonds. The van der Waals surface area contributed by atoms with Crippen molar-refractivity contribution in [2.24, 2.45) is 5.10 Å². The Balaban J connectivity index is 1.35. The van der Waals surface area contributed by atoms with Crippen LogP contribution in [0.4, 0.5) is 10.8 Å². The van der Waals surface area contributed by atoms with E-state index in [0.717, 1.165) is 22.5 Å². The molecule has 0 aliphatic carbocycles. The standard InChI is InChI=1S/C30H25N5O4S2/c1-18-8-7-9-20(16-18)17-24-28(38)35(22-10-5-4-6-11-22)30(40-24)34-33-27(37)25-19(2)31-29(41-25)32-26(36)21-12-14-23(39-3)15-13-21/h4-17H,1-3H3,(H,33,37)(H,31,32,36)/b24-17-,34-30-. The number of thioether (sulfide) groups is 1. The van der Waals surface area contributed by atoms with Gasteiger partial charge in [0.2, 0.25) is 0 Å². The molecule has 0 unspecified atom stereocenters. The molecule has 5 rings (SSSR count). The lowest BCUT2D eigenvalue weighted by molar-refractivity contribution is -0.113. The van der Waals surface area contributed by atoms with Crippen LogP contribution in [-0.2, 0) is 4.79 Å². The molecule has 4 aromatic rings. The molecule has 1 fully saturated rings. The number of hydrazone groups is 1. The fourth-order valence-electron chi connectivity index (χ4n) is 3.99. The summed E-state index contributed by atoms with van der Waals surface area (Å²) in [5.74, 6) is -0.471. The van der Waals surface area contributed by atoms with E-state index >= 15 is 0 Å². The predicted molar refractivity (Wildman–Crippen MR) is 163 cm³/mol. The third-order valence-electron chi connectivity index (χ3n) is 5.99. The Kier molecular flexibility index (Phi) is 8.27. The van der Waals surface area contributed by atoms with Crippen molar-refractivity contribution in [2.75, 3.05) is 17.3 Å². The van der Waals surface area contributed by atoms with Crippen LogP contribution in [0.1, 0.15) is 36.9 Å². The van der Waals surface area contributed by atoms with Gasteiger partial charge in [0.15, 0.2) is 10.3 Å². The van der Waals surface area contributed by atoms with Crippen LogP contribution in [0.15, 0.2) is 88.9 Å². The molecular formula is C30H25N5O4S2. The molecule has 11 heteroatoms. The minimum absolute atomic E-state index is 0.242. The number of benzene rings is 3. The van der Waals surface area contributed by atoms with Gasteiger partial charge in [0.1, 0.15) is 10.6 Å². The normalized spacial score (nSPS) is 14.9. The first-order chi connectivity index (χ1) is 19.8. The number of para-hydroxylation sites is 1. The van der Waals surface area contributed by atoms with Crippen LogP contribution in [0, 0.1) is 13.8 Å². The van der Waals surface area contributed by atoms with Gasteiger partial charge in [0, 0.05) is 5.56 Å². The first-order valence-electron chi connectivity index (χ1n) is 12.5. The second kappa shape index (κ2) is 12.2. The van der Waals surface area contributed by atoms with E-state index in [1.165, 1.54) is 16.7 Å². The van der Waals surface area contributed by atoms with Gasteiger partial charge in [-0.3, -0.25) is 24.6 Å². The molecular weight excluding hydrogens is 558 g/mol. The fourth-order valence-corrected chi connectivity index (χ4v) is 5.78. The van der Waals surface area contributed by atoms with E-state index in [0.29, 0.717) is 32.8 Å². The number of anilines is 2. The maximum Gasteiger partial charge on any atom is 0.283 e. The minimum atomic E-state index is -0.505. The molecule has 9 nitrogen and oxygen atoms in total. The summed E-state index contributed by atoms with van der Waals surface area (Å²) in [4.78, 5) is 45.7. The number of carbonyl (C=O) groups is 3. The second-order valence-corrected chi connectivity index (χ2v) is 11.0. The van der Waals surface area contributed by atoms with Crippen LogP contribution in [0.2, 0.25) is 0 Å². The van der Waals surface area contributed by atoms with Crippen LogP contribution < -0.4 is 20.4 Å². The summed E-state index contributed by atoms with van der Waals surface area (Å²) in [6, 6.07) is 23.6. The number of rotatable bonds is 7. The number of aromatic nitrogens is 1. The first-order valence-corrected chi connectivity index (χ1v) is 14.1. The van der Waals surface area contributed by atoms with Gasteiger partial charge in [0.25, 0.3) is 17.7 Å². The van der Waals surface area contributed by atoms with Crippen molar-refractivity contribution < 1.29 is 19.1 Å². The highest BCUT2D eigenvalue weighted by atomic mass is 32.2. The van der Waals surface area contributed by atoms with E-state index in [4.69, 9.17) is 4.74 Å². The van der Waals surface area contributed by atoms with Crippen molar-refractivity contribution in [3.8, 4) is 5.75 Å². The zero-order chi connectivity index (χ0) is 28.9. The topological polar surface area (TPSA) is 113 Å². The number of ether oxygens (including phenoxy) is 1. The first kappa shape index (κ1) is 27.8. The van der Waals surface area contributed by atoms with Gasteiger partial charge in [-0.15, -0.1) is 5.10 Å². The van der Waals surface area contributed by atoms with E-state index in [9.17, 15) is 14.4 Å². The summed E-state index contributed by atoms with van der Waals surface area (Å²) in [7, 11) is 1.55. The van der Waals surface area contributed by atoms with Crippen molar-refractivity contribution in [1.29, 1.82) is 0 Å². The van der Waals surface area contributed by atoms with E-state index < -0.39 is 5.91 Å². The quantitative estimate of drug-likeness (QED) is 0.209. The Morgan fingerprint density at radius 1 is 0.976 bits per heavy atom. The summed E-state index contributed by atoms with van der Waals surface area (Å²) in [6.07, 6.45) is 1.81. The molecule has 1 aromatic heterocycles. The molecule has 1 aliphatic rings. The molecule has 3 aromatic carbocycles. The molecule has 1 aliphatic heterocycles. The number of carbonyl (C=O) groups excluding carboxylic acids is 3. The van der Waals surface area contributed by atoms with E-state index in [1.807, 2.05) is 55.5 Å². The maximum atomic E-state index is 13.4. The lowest BCUT2D eigenvalue weighted by atomic mass is 10.1. The van der Waals surface area contributed by atoms with Gasteiger partial charge < -0.3 is 4.74 Å². The van der Waals surface area contributed by atoms with Crippen molar-refractivity contribution in [3.05, 3.63) is 111 Å². The van der Waals surface area contributed by atoms with Gasteiger partial charge in [-0.1, -0.05) is 59.4 Å².